The van der Waals surface area contributed by atoms with Crippen LogP contribution < -0.4 is 10.4 Å². The second kappa shape index (κ2) is 9.64. The standard InChI is InChI=1S/C48H28/c1-3-11-29(12-4-1)45-35-17-9-7-15-31(35)25-33-27-43-39-19-20-40-38(37(39)21-23-41(43)47(33)45)22-24-42-44(40)28-34-26-32-16-8-10-18-36(32)46(48(34)42)30-13-5-2-6-14-30/h1-28H. The van der Waals surface area contributed by atoms with Gasteiger partial charge in [0.1, 0.15) is 0 Å². The van der Waals surface area contributed by atoms with Crippen molar-refractivity contribution in [3.05, 3.63) is 179 Å². The van der Waals surface area contributed by atoms with Crippen LogP contribution in [0.5, 0.6) is 0 Å². The predicted molar refractivity (Wildman–Crippen MR) is 205 cm³/mol. The summed E-state index contributed by atoms with van der Waals surface area (Å²) in [6, 6.07) is 58.4. The lowest BCUT2D eigenvalue weighted by atomic mass is 9.87. The average molecular weight is 605 g/mol. The molecule has 0 amide bonds. The van der Waals surface area contributed by atoms with Gasteiger partial charge in [-0.3, -0.25) is 0 Å². The van der Waals surface area contributed by atoms with Gasteiger partial charge in [-0.05, 0) is 133 Å². The Labute approximate surface area is 278 Å². The molecule has 2 aliphatic rings. The first-order valence-electron chi connectivity index (χ1n) is 16.8. The van der Waals surface area contributed by atoms with Crippen LogP contribution in [0.4, 0.5) is 0 Å². The third kappa shape index (κ3) is 3.49. The highest BCUT2D eigenvalue weighted by Gasteiger charge is 2.24. The highest BCUT2D eigenvalue weighted by Crippen LogP contribution is 2.45. The van der Waals surface area contributed by atoms with Crippen molar-refractivity contribution in [3.63, 3.8) is 0 Å². The van der Waals surface area contributed by atoms with Crippen LogP contribution >= 0.6 is 0 Å². The smallest absolute Gasteiger partial charge is 0.00199 e. The molecule has 0 fully saturated rings. The molecule has 0 heteroatoms. The van der Waals surface area contributed by atoms with Gasteiger partial charge in [0, 0.05) is 0 Å². The van der Waals surface area contributed by atoms with E-state index in [0.29, 0.717) is 0 Å². The molecular formula is C48H28. The molecule has 48 heavy (non-hydrogen) atoms. The molecule has 9 aromatic carbocycles. The molecule has 0 nitrogen and oxygen atoms in total. The van der Waals surface area contributed by atoms with E-state index in [1.54, 1.807) is 0 Å². The molecule has 0 aliphatic heterocycles. The van der Waals surface area contributed by atoms with Crippen LogP contribution in [0, 0.1) is 0 Å². The zero-order valence-electron chi connectivity index (χ0n) is 26.2. The Bertz CT molecular complexity index is 2760. The summed E-state index contributed by atoms with van der Waals surface area (Å²) in [6.45, 7) is 0. The van der Waals surface area contributed by atoms with Crippen LogP contribution in [-0.2, 0) is 0 Å². The van der Waals surface area contributed by atoms with Crippen molar-refractivity contribution in [2.75, 3.05) is 0 Å². The largest absolute Gasteiger partial charge is 0.0622 e. The molecule has 0 aromatic heterocycles. The number of fused-ring (bicyclic) bond motifs is 13. The summed E-state index contributed by atoms with van der Waals surface area (Å²) in [4.78, 5) is 0. The first-order valence-corrected chi connectivity index (χ1v) is 16.8. The van der Waals surface area contributed by atoms with Gasteiger partial charge < -0.3 is 0 Å². The molecule has 9 aromatic rings. The van der Waals surface area contributed by atoms with Gasteiger partial charge in [-0.1, -0.05) is 146 Å². The number of hydrogen-bond donors (Lipinski definition) is 0. The SMILES string of the molecule is C1=c2c(ccc3c2ccc2c4c(ccc23)-c2c(cc3ccccc3c2-c2ccccc2)C=4)-c2c1cc1ccccc1c2-c1ccccc1. The van der Waals surface area contributed by atoms with E-state index in [1.165, 1.54) is 109 Å². The summed E-state index contributed by atoms with van der Waals surface area (Å²) in [6.07, 6.45) is 4.84. The monoisotopic (exact) mass is 604 g/mol. The van der Waals surface area contributed by atoms with Gasteiger partial charge in [-0.25, -0.2) is 0 Å². The summed E-state index contributed by atoms with van der Waals surface area (Å²) >= 11 is 0. The van der Waals surface area contributed by atoms with Crippen LogP contribution in [-0.4, -0.2) is 0 Å². The van der Waals surface area contributed by atoms with Crippen LogP contribution in [0.3, 0.4) is 0 Å². The second-order valence-corrected chi connectivity index (χ2v) is 13.2. The topological polar surface area (TPSA) is 0 Å². The van der Waals surface area contributed by atoms with Gasteiger partial charge >= 0.3 is 0 Å². The minimum Gasteiger partial charge on any atom is -0.0622 e. The van der Waals surface area contributed by atoms with Crippen LogP contribution in [0.2, 0.25) is 0 Å². The Morgan fingerprint density at radius 3 is 1.12 bits per heavy atom. The molecule has 0 saturated heterocycles. The van der Waals surface area contributed by atoms with Gasteiger partial charge in [0.2, 0.25) is 0 Å². The van der Waals surface area contributed by atoms with Crippen LogP contribution in [0.1, 0.15) is 11.1 Å². The highest BCUT2D eigenvalue weighted by molar-refractivity contribution is 6.16. The Morgan fingerprint density at radius 1 is 0.271 bits per heavy atom. The van der Waals surface area contributed by atoms with E-state index in [4.69, 9.17) is 0 Å². The maximum atomic E-state index is 2.42. The van der Waals surface area contributed by atoms with Crippen LogP contribution in [0.15, 0.2) is 158 Å². The van der Waals surface area contributed by atoms with E-state index in [0.717, 1.165) is 0 Å². The second-order valence-electron chi connectivity index (χ2n) is 13.2. The van der Waals surface area contributed by atoms with Crippen molar-refractivity contribution in [2.24, 2.45) is 0 Å². The van der Waals surface area contributed by atoms with Gasteiger partial charge in [-0.15, -0.1) is 0 Å². The third-order valence-corrected chi connectivity index (χ3v) is 10.7. The van der Waals surface area contributed by atoms with Crippen molar-refractivity contribution in [1.82, 2.24) is 0 Å². The summed E-state index contributed by atoms with van der Waals surface area (Å²) in [5, 5.41) is 13.0. The maximum absolute atomic E-state index is 2.42. The normalized spacial score (nSPS) is 12.5. The van der Waals surface area contributed by atoms with Crippen molar-refractivity contribution >= 4 is 55.2 Å². The molecule has 2 aliphatic carbocycles. The van der Waals surface area contributed by atoms with E-state index >= 15 is 0 Å². The Balaban J connectivity index is 1.17. The van der Waals surface area contributed by atoms with Gasteiger partial charge in [-0.2, -0.15) is 0 Å². The minimum absolute atomic E-state index is 1.26. The minimum atomic E-state index is 1.26. The molecule has 0 unspecified atom stereocenters. The quantitative estimate of drug-likeness (QED) is 0.172. The van der Waals surface area contributed by atoms with Crippen molar-refractivity contribution in [3.8, 4) is 44.5 Å². The fourth-order valence-electron chi connectivity index (χ4n) is 8.68. The zero-order valence-corrected chi connectivity index (χ0v) is 26.2. The molecule has 0 spiro atoms. The number of benzene rings is 9. The summed E-state index contributed by atoms with van der Waals surface area (Å²) in [5.74, 6) is 0. The van der Waals surface area contributed by atoms with Crippen LogP contribution in [0.25, 0.3) is 99.7 Å². The average Bonchev–Trinajstić information content (AvgIpc) is 3.71. The van der Waals surface area contributed by atoms with E-state index in [2.05, 4.69) is 170 Å². The molecule has 0 radical (unpaired) electrons. The fourth-order valence-corrected chi connectivity index (χ4v) is 8.68. The Morgan fingerprint density at radius 2 is 0.667 bits per heavy atom. The number of rotatable bonds is 2. The third-order valence-electron chi connectivity index (χ3n) is 10.7. The van der Waals surface area contributed by atoms with Crippen molar-refractivity contribution in [1.29, 1.82) is 0 Å². The van der Waals surface area contributed by atoms with Gasteiger partial charge in [0.05, 0.1) is 0 Å². The maximum Gasteiger partial charge on any atom is -0.00199 e. The molecule has 0 N–H and O–H groups in total. The van der Waals surface area contributed by atoms with Crippen molar-refractivity contribution in [2.45, 2.75) is 0 Å². The lowest BCUT2D eigenvalue weighted by Crippen LogP contribution is -2.06. The molecule has 220 valence electrons. The molecule has 0 bridgehead atoms. The predicted octanol–water partition coefficient (Wildman–Crippen LogP) is 11.3. The Hall–Kier alpha value is -6.24. The summed E-state index contributed by atoms with van der Waals surface area (Å²) in [7, 11) is 0. The molecule has 0 saturated carbocycles. The van der Waals surface area contributed by atoms with E-state index in [9.17, 15) is 0 Å². The van der Waals surface area contributed by atoms with E-state index < -0.39 is 0 Å². The lowest BCUT2D eigenvalue weighted by molar-refractivity contribution is 1.62. The lowest BCUT2D eigenvalue weighted by Gasteiger charge is -2.16. The molecule has 11 rings (SSSR count). The van der Waals surface area contributed by atoms with Gasteiger partial charge in [0.25, 0.3) is 0 Å². The molecule has 0 atom stereocenters. The fraction of sp³-hybridized carbons (Fsp3) is 0. The summed E-state index contributed by atoms with van der Waals surface area (Å²) in [5.41, 5.74) is 13.1. The van der Waals surface area contributed by atoms with Crippen molar-refractivity contribution < 1.29 is 0 Å². The highest BCUT2D eigenvalue weighted by atomic mass is 14.3. The first-order chi connectivity index (χ1) is 23.8. The van der Waals surface area contributed by atoms with Gasteiger partial charge in [0.15, 0.2) is 0 Å². The zero-order chi connectivity index (χ0) is 31.3. The first kappa shape index (κ1) is 25.9. The molecule has 0 heterocycles. The number of hydrogen-bond acceptors (Lipinski definition) is 0. The van der Waals surface area contributed by atoms with E-state index in [1.807, 2.05) is 0 Å². The molecular weight excluding hydrogens is 577 g/mol. The van der Waals surface area contributed by atoms with E-state index in [-0.39, 0.29) is 0 Å². The summed E-state index contributed by atoms with van der Waals surface area (Å²) < 4.78 is 0. The Kier molecular flexibility index (Phi) is 5.20.